The van der Waals surface area contributed by atoms with Gasteiger partial charge in [-0.3, -0.25) is 9.59 Å². The second-order valence-corrected chi connectivity index (χ2v) is 7.13. The predicted molar refractivity (Wildman–Crippen MR) is 109 cm³/mol. The third-order valence-electron chi connectivity index (χ3n) is 4.89. The van der Waals surface area contributed by atoms with E-state index in [1.165, 1.54) is 18.2 Å². The lowest BCUT2D eigenvalue weighted by molar-refractivity contribution is 0.101. The zero-order valence-electron chi connectivity index (χ0n) is 16.0. The Hall–Kier alpha value is -3.48. The van der Waals surface area contributed by atoms with Gasteiger partial charge in [-0.25, -0.2) is 9.37 Å². The highest BCUT2D eigenvalue weighted by Gasteiger charge is 2.27. The fraction of sp³-hybridized carbons (Fsp3) is 0.227. The number of carbonyl (C=O) groups is 2. The van der Waals surface area contributed by atoms with Crippen molar-refractivity contribution in [1.29, 1.82) is 0 Å². The molecule has 2 amide bonds. The Kier molecular flexibility index (Phi) is 5.12. The molecule has 2 N–H and O–H groups in total. The highest BCUT2D eigenvalue weighted by molar-refractivity contribution is 6.07. The van der Waals surface area contributed by atoms with E-state index >= 15 is 0 Å². The number of fused-ring (bicyclic) bond motifs is 1. The number of imidazole rings is 1. The fourth-order valence-electron chi connectivity index (χ4n) is 3.56. The predicted octanol–water partition coefficient (Wildman–Crippen LogP) is 4.17. The zero-order chi connectivity index (χ0) is 20.4. The maximum Gasteiger partial charge on any atom is 0.291 e. The minimum absolute atomic E-state index is 0.211. The van der Waals surface area contributed by atoms with Gasteiger partial charge in [0.1, 0.15) is 5.82 Å². The van der Waals surface area contributed by atoms with Crippen LogP contribution in [0.5, 0.6) is 0 Å². The van der Waals surface area contributed by atoms with Crippen molar-refractivity contribution in [3.05, 3.63) is 77.1 Å². The standard InChI is InChI=1S/C22H21FN4O2/c1-14-6-4-8-16(12-14)25-22(29)20-26-19(18-10-2-3-11-27(18)20)21(28)24-17-9-5-7-15(23)13-17/h4-9,12-13H,2-3,10-11H2,1H3,(H,24,28)(H,25,29). The second-order valence-electron chi connectivity index (χ2n) is 7.13. The van der Waals surface area contributed by atoms with Crippen molar-refractivity contribution < 1.29 is 14.0 Å². The molecule has 0 atom stereocenters. The molecule has 0 radical (unpaired) electrons. The molecule has 1 aliphatic rings. The highest BCUT2D eigenvalue weighted by atomic mass is 19.1. The quantitative estimate of drug-likeness (QED) is 0.700. The molecule has 6 nitrogen and oxygen atoms in total. The summed E-state index contributed by atoms with van der Waals surface area (Å²) in [4.78, 5) is 30.0. The Bertz CT molecular complexity index is 1010. The third kappa shape index (κ3) is 4.03. The maximum atomic E-state index is 13.4. The first-order valence-electron chi connectivity index (χ1n) is 9.55. The number of nitrogens with one attached hydrogen (secondary N) is 2. The number of anilines is 2. The number of aryl methyl sites for hydroxylation is 1. The summed E-state index contributed by atoms with van der Waals surface area (Å²) in [5.41, 5.74) is 3.00. The number of hydrogen-bond donors (Lipinski definition) is 2. The molecule has 1 aromatic heterocycles. The molecule has 148 valence electrons. The molecular weight excluding hydrogens is 371 g/mol. The van der Waals surface area contributed by atoms with Crippen LogP contribution in [0, 0.1) is 12.7 Å². The minimum atomic E-state index is -0.448. The summed E-state index contributed by atoms with van der Waals surface area (Å²) in [6.07, 6.45) is 2.50. The van der Waals surface area contributed by atoms with Crippen molar-refractivity contribution in [3.8, 4) is 0 Å². The van der Waals surface area contributed by atoms with Crippen LogP contribution < -0.4 is 10.6 Å². The molecule has 0 unspecified atom stereocenters. The van der Waals surface area contributed by atoms with Crippen LogP contribution in [0.25, 0.3) is 0 Å². The van der Waals surface area contributed by atoms with Crippen LogP contribution in [0.3, 0.4) is 0 Å². The van der Waals surface area contributed by atoms with E-state index in [1.54, 1.807) is 6.07 Å². The van der Waals surface area contributed by atoms with Gasteiger partial charge in [0.05, 0.1) is 5.69 Å². The Labute approximate surface area is 167 Å². The van der Waals surface area contributed by atoms with Gasteiger partial charge < -0.3 is 15.2 Å². The summed E-state index contributed by atoms with van der Waals surface area (Å²) in [6.45, 7) is 2.58. The summed E-state index contributed by atoms with van der Waals surface area (Å²) < 4.78 is 15.2. The van der Waals surface area contributed by atoms with Gasteiger partial charge >= 0.3 is 0 Å². The number of amides is 2. The molecule has 1 aliphatic heterocycles. The second kappa shape index (κ2) is 7.87. The van der Waals surface area contributed by atoms with Crippen LogP contribution in [0.2, 0.25) is 0 Å². The summed E-state index contributed by atoms with van der Waals surface area (Å²) in [6, 6.07) is 13.2. The van der Waals surface area contributed by atoms with Gasteiger partial charge in [0.2, 0.25) is 0 Å². The molecule has 4 rings (SSSR count). The van der Waals surface area contributed by atoms with E-state index in [2.05, 4.69) is 15.6 Å². The highest BCUT2D eigenvalue weighted by Crippen LogP contribution is 2.23. The van der Waals surface area contributed by atoms with E-state index < -0.39 is 11.7 Å². The zero-order valence-corrected chi connectivity index (χ0v) is 16.0. The van der Waals surface area contributed by atoms with E-state index in [9.17, 15) is 14.0 Å². The molecular formula is C22H21FN4O2. The topological polar surface area (TPSA) is 76.0 Å². The van der Waals surface area contributed by atoms with Gasteiger partial charge in [0, 0.05) is 17.9 Å². The third-order valence-corrected chi connectivity index (χ3v) is 4.89. The van der Waals surface area contributed by atoms with E-state index in [0.717, 1.165) is 24.1 Å². The normalized spacial score (nSPS) is 12.9. The molecule has 7 heteroatoms. The molecule has 0 saturated heterocycles. The molecule has 29 heavy (non-hydrogen) atoms. The van der Waals surface area contributed by atoms with Crippen molar-refractivity contribution >= 4 is 23.2 Å². The molecule has 0 bridgehead atoms. The Morgan fingerprint density at radius 3 is 2.48 bits per heavy atom. The van der Waals surface area contributed by atoms with Crippen LogP contribution in [-0.2, 0) is 13.0 Å². The van der Waals surface area contributed by atoms with E-state index in [4.69, 9.17) is 0 Å². The van der Waals surface area contributed by atoms with Gasteiger partial charge in [-0.05, 0) is 62.1 Å². The number of nitrogens with zero attached hydrogens (tertiary/aromatic N) is 2. The van der Waals surface area contributed by atoms with Crippen LogP contribution in [0.15, 0.2) is 48.5 Å². The van der Waals surface area contributed by atoms with Crippen LogP contribution >= 0.6 is 0 Å². The van der Waals surface area contributed by atoms with E-state index in [0.29, 0.717) is 24.3 Å². The number of halogens is 1. The molecule has 0 spiro atoms. The molecule has 2 heterocycles. The van der Waals surface area contributed by atoms with Crippen molar-refractivity contribution in [2.45, 2.75) is 32.7 Å². The average Bonchev–Trinajstić information content (AvgIpc) is 3.08. The first-order chi connectivity index (χ1) is 14.0. The summed E-state index contributed by atoms with van der Waals surface area (Å²) in [5.74, 6) is -1.03. The van der Waals surface area contributed by atoms with Crippen LogP contribution in [0.1, 0.15) is 45.2 Å². The Morgan fingerprint density at radius 1 is 1.00 bits per heavy atom. The van der Waals surface area contributed by atoms with Crippen molar-refractivity contribution in [3.63, 3.8) is 0 Å². The lowest BCUT2D eigenvalue weighted by Gasteiger charge is -2.17. The van der Waals surface area contributed by atoms with E-state index in [1.807, 2.05) is 35.8 Å². The smallest absolute Gasteiger partial charge is 0.291 e. The summed E-state index contributed by atoms with van der Waals surface area (Å²) in [7, 11) is 0. The first-order valence-corrected chi connectivity index (χ1v) is 9.55. The first kappa shape index (κ1) is 18.9. The average molecular weight is 392 g/mol. The van der Waals surface area contributed by atoms with Crippen LogP contribution in [-0.4, -0.2) is 21.4 Å². The van der Waals surface area contributed by atoms with Crippen molar-refractivity contribution in [2.75, 3.05) is 10.6 Å². The van der Waals surface area contributed by atoms with E-state index in [-0.39, 0.29) is 17.4 Å². The van der Waals surface area contributed by atoms with Gasteiger partial charge in [0.25, 0.3) is 11.8 Å². The van der Waals surface area contributed by atoms with Crippen LogP contribution in [0.4, 0.5) is 15.8 Å². The Balaban J connectivity index is 1.63. The minimum Gasteiger partial charge on any atom is -0.323 e. The van der Waals surface area contributed by atoms with Crippen molar-refractivity contribution in [2.24, 2.45) is 0 Å². The number of carbonyl (C=O) groups excluding carboxylic acids is 2. The SMILES string of the molecule is Cc1cccc(NC(=O)c2nc(C(=O)Nc3cccc(F)c3)c3n2CCCC3)c1. The number of hydrogen-bond acceptors (Lipinski definition) is 3. The summed E-state index contributed by atoms with van der Waals surface area (Å²) >= 11 is 0. The molecule has 0 saturated carbocycles. The Morgan fingerprint density at radius 2 is 1.72 bits per heavy atom. The lowest BCUT2D eigenvalue weighted by atomic mass is 10.1. The number of aromatic nitrogens is 2. The van der Waals surface area contributed by atoms with Gasteiger partial charge in [-0.1, -0.05) is 18.2 Å². The number of benzene rings is 2. The largest absolute Gasteiger partial charge is 0.323 e. The molecule has 0 fully saturated rings. The van der Waals surface area contributed by atoms with Gasteiger partial charge in [-0.2, -0.15) is 0 Å². The lowest BCUT2D eigenvalue weighted by Crippen LogP contribution is -2.21. The number of rotatable bonds is 4. The van der Waals surface area contributed by atoms with Gasteiger partial charge in [-0.15, -0.1) is 0 Å². The fourth-order valence-corrected chi connectivity index (χ4v) is 3.56. The maximum absolute atomic E-state index is 13.4. The summed E-state index contributed by atoms with van der Waals surface area (Å²) in [5, 5.41) is 5.53. The molecule has 2 aromatic carbocycles. The molecule has 3 aromatic rings. The molecule has 0 aliphatic carbocycles. The van der Waals surface area contributed by atoms with Gasteiger partial charge in [0.15, 0.2) is 11.5 Å². The monoisotopic (exact) mass is 392 g/mol. The van der Waals surface area contributed by atoms with Crippen molar-refractivity contribution in [1.82, 2.24) is 9.55 Å².